The van der Waals surface area contributed by atoms with Gasteiger partial charge in [-0.1, -0.05) is 12.1 Å². The van der Waals surface area contributed by atoms with Gasteiger partial charge in [-0.3, -0.25) is 15.0 Å². The zero-order valence-electron chi connectivity index (χ0n) is 20.1. The molecule has 1 atom stereocenters. The highest BCUT2D eigenvalue weighted by Crippen LogP contribution is 2.29. The molecule has 206 valence electrons. The lowest BCUT2D eigenvalue weighted by atomic mass is 9.91. The predicted octanol–water partition coefficient (Wildman–Crippen LogP) is 1.81. The molecule has 0 aromatic heterocycles. The molecule has 0 spiro atoms. The second-order valence-electron chi connectivity index (χ2n) is 8.49. The largest absolute Gasteiger partial charge is 0.491 e. The summed E-state index contributed by atoms with van der Waals surface area (Å²) < 4.78 is 45.8. The first-order valence-corrected chi connectivity index (χ1v) is 11.4. The SMILES string of the molecule is N=C(N)c1ccc2c(c1)CCc1c(CCC(=O)N[C@@H](CC(=O)OC(=O)C(F)(F)F)C(=O)O)cccc1C(=O)O2. The van der Waals surface area contributed by atoms with Gasteiger partial charge < -0.3 is 25.6 Å². The predicted molar refractivity (Wildman–Crippen MR) is 126 cm³/mol. The Kier molecular flexibility index (Phi) is 8.68. The van der Waals surface area contributed by atoms with E-state index in [0.717, 1.165) is 0 Å². The van der Waals surface area contributed by atoms with Crippen LogP contribution in [0.25, 0.3) is 0 Å². The number of benzene rings is 2. The summed E-state index contributed by atoms with van der Waals surface area (Å²) in [4.78, 5) is 58.9. The number of ether oxygens (including phenoxy) is 2. The third-order valence-electron chi connectivity index (χ3n) is 5.77. The fourth-order valence-electron chi connectivity index (χ4n) is 3.90. The molecule has 11 nitrogen and oxygen atoms in total. The Bertz CT molecular complexity index is 1360. The number of carbonyl (C=O) groups excluding carboxylic acids is 4. The van der Waals surface area contributed by atoms with Crippen LogP contribution in [0, 0.1) is 5.41 Å². The van der Waals surface area contributed by atoms with Crippen LogP contribution in [0.5, 0.6) is 5.75 Å². The molecule has 1 amide bonds. The lowest BCUT2D eigenvalue weighted by Gasteiger charge is -2.20. The number of aryl methyl sites for hydroxylation is 2. The van der Waals surface area contributed by atoms with Gasteiger partial charge in [-0.2, -0.15) is 13.2 Å². The number of fused-ring (bicyclic) bond motifs is 2. The van der Waals surface area contributed by atoms with Crippen molar-refractivity contribution in [1.82, 2.24) is 5.32 Å². The number of nitrogens with one attached hydrogen (secondary N) is 2. The first-order chi connectivity index (χ1) is 18.3. The van der Waals surface area contributed by atoms with Crippen LogP contribution in [0.4, 0.5) is 13.2 Å². The van der Waals surface area contributed by atoms with Crippen molar-refractivity contribution in [2.45, 2.75) is 44.3 Å². The Morgan fingerprint density at radius 2 is 1.87 bits per heavy atom. The summed E-state index contributed by atoms with van der Waals surface area (Å²) in [6, 6.07) is 7.63. The Morgan fingerprint density at radius 1 is 1.15 bits per heavy atom. The molecule has 5 N–H and O–H groups in total. The van der Waals surface area contributed by atoms with Crippen LogP contribution in [0.1, 0.15) is 45.5 Å². The topological polar surface area (TPSA) is 186 Å². The van der Waals surface area contributed by atoms with Gasteiger partial charge >= 0.3 is 30.1 Å². The van der Waals surface area contributed by atoms with Gasteiger partial charge in [0.15, 0.2) is 0 Å². The molecule has 39 heavy (non-hydrogen) atoms. The second-order valence-corrected chi connectivity index (χ2v) is 8.49. The molecule has 0 fully saturated rings. The Morgan fingerprint density at radius 3 is 2.51 bits per heavy atom. The normalized spacial score (nSPS) is 13.5. The zero-order chi connectivity index (χ0) is 28.9. The summed E-state index contributed by atoms with van der Waals surface area (Å²) in [6.07, 6.45) is -6.12. The van der Waals surface area contributed by atoms with Crippen LogP contribution in [-0.2, 0) is 43.2 Å². The molecule has 2 aromatic carbocycles. The number of alkyl halides is 3. The molecule has 1 heterocycles. The first kappa shape index (κ1) is 28.8. The molecular weight excluding hydrogens is 527 g/mol. The molecule has 3 rings (SSSR count). The Labute approximate surface area is 218 Å². The highest BCUT2D eigenvalue weighted by Gasteiger charge is 2.43. The molecule has 0 saturated carbocycles. The number of esters is 3. The van der Waals surface area contributed by atoms with Gasteiger partial charge in [0.1, 0.15) is 17.6 Å². The molecule has 0 unspecified atom stereocenters. The lowest BCUT2D eigenvalue weighted by Crippen LogP contribution is -2.43. The minimum Gasteiger partial charge on any atom is -0.480 e. The second kappa shape index (κ2) is 11.8. The quantitative estimate of drug-likeness (QED) is 0.125. The number of halogens is 3. The number of hydrogen-bond donors (Lipinski definition) is 4. The van der Waals surface area contributed by atoms with Crippen molar-refractivity contribution < 1.29 is 51.7 Å². The molecule has 0 aliphatic carbocycles. The van der Waals surface area contributed by atoms with Crippen LogP contribution >= 0.6 is 0 Å². The summed E-state index contributed by atoms with van der Waals surface area (Å²) in [5.41, 5.74) is 8.11. The first-order valence-electron chi connectivity index (χ1n) is 11.4. The van der Waals surface area contributed by atoms with E-state index in [1.807, 2.05) is 5.32 Å². The fraction of sp³-hybridized carbons (Fsp3) is 0.280. The standard InChI is InChI=1S/C25H22F3N3O8/c26-25(27,28)24(37)39-20(33)11-17(22(34)35)31-19(32)9-6-12-2-1-3-16-15(12)7-4-13-10-14(21(29)30)5-8-18(13)38-23(16)36/h1-3,5,8,10,17H,4,6-7,9,11H2,(H3,29,30)(H,31,32)(H,34,35)/t17-/m0/s1. The summed E-state index contributed by atoms with van der Waals surface area (Å²) in [6.45, 7) is 0. The van der Waals surface area contributed by atoms with E-state index in [0.29, 0.717) is 40.8 Å². The van der Waals surface area contributed by atoms with Crippen LogP contribution in [0.2, 0.25) is 0 Å². The van der Waals surface area contributed by atoms with Gasteiger partial charge in [-0.25, -0.2) is 14.4 Å². The van der Waals surface area contributed by atoms with E-state index in [-0.39, 0.29) is 24.2 Å². The van der Waals surface area contributed by atoms with E-state index in [1.54, 1.807) is 36.4 Å². The maximum absolute atomic E-state index is 12.8. The number of nitrogen functional groups attached to an aromatic ring is 1. The summed E-state index contributed by atoms with van der Waals surface area (Å²) in [7, 11) is 0. The van der Waals surface area contributed by atoms with Crippen LogP contribution in [-0.4, -0.2) is 52.9 Å². The van der Waals surface area contributed by atoms with Crippen LogP contribution in [0.15, 0.2) is 36.4 Å². The third kappa shape index (κ3) is 7.40. The number of amidine groups is 1. The number of amides is 1. The number of nitrogens with two attached hydrogens (primary N) is 1. The molecular formula is C25H22F3N3O8. The Balaban J connectivity index is 1.69. The Hall–Kier alpha value is -4.75. The molecule has 0 radical (unpaired) electrons. The van der Waals surface area contributed by atoms with Crippen LogP contribution < -0.4 is 15.8 Å². The van der Waals surface area contributed by atoms with E-state index < -0.39 is 48.4 Å². The monoisotopic (exact) mass is 549 g/mol. The maximum atomic E-state index is 12.8. The van der Waals surface area contributed by atoms with Crippen molar-refractivity contribution in [1.29, 1.82) is 5.41 Å². The third-order valence-corrected chi connectivity index (χ3v) is 5.77. The van der Waals surface area contributed by atoms with Gasteiger partial charge in [0.05, 0.1) is 12.0 Å². The summed E-state index contributed by atoms with van der Waals surface area (Å²) in [5.74, 6) is -7.61. The van der Waals surface area contributed by atoms with Crippen molar-refractivity contribution in [2.75, 3.05) is 0 Å². The number of aliphatic carboxylic acids is 1. The minimum atomic E-state index is -5.45. The van der Waals surface area contributed by atoms with E-state index >= 15 is 0 Å². The molecule has 0 saturated heterocycles. The maximum Gasteiger partial charge on any atom is 0.491 e. The smallest absolute Gasteiger partial charge is 0.480 e. The zero-order valence-corrected chi connectivity index (χ0v) is 20.1. The van der Waals surface area contributed by atoms with Crippen molar-refractivity contribution in [3.05, 3.63) is 64.2 Å². The molecule has 1 aliphatic rings. The molecule has 1 aliphatic heterocycles. The van der Waals surface area contributed by atoms with E-state index in [4.69, 9.17) is 15.9 Å². The van der Waals surface area contributed by atoms with Gasteiger partial charge in [0.25, 0.3) is 0 Å². The van der Waals surface area contributed by atoms with E-state index in [1.165, 1.54) is 0 Å². The molecule has 14 heteroatoms. The number of rotatable bonds is 8. The highest BCUT2D eigenvalue weighted by molar-refractivity contribution is 5.96. The summed E-state index contributed by atoms with van der Waals surface area (Å²) in [5, 5.41) is 18.9. The number of carbonyl (C=O) groups is 5. The van der Waals surface area contributed by atoms with E-state index in [2.05, 4.69) is 4.74 Å². The van der Waals surface area contributed by atoms with Gasteiger partial charge in [-0.15, -0.1) is 0 Å². The van der Waals surface area contributed by atoms with Crippen molar-refractivity contribution in [3.63, 3.8) is 0 Å². The average molecular weight is 549 g/mol. The lowest BCUT2D eigenvalue weighted by molar-refractivity contribution is -0.202. The van der Waals surface area contributed by atoms with Crippen molar-refractivity contribution in [2.24, 2.45) is 5.73 Å². The number of hydrogen-bond acceptors (Lipinski definition) is 8. The van der Waals surface area contributed by atoms with Gasteiger partial charge in [-0.05, 0) is 60.2 Å². The number of carboxylic acid groups (broad SMARTS) is 1. The van der Waals surface area contributed by atoms with Crippen molar-refractivity contribution >= 4 is 35.6 Å². The number of carboxylic acids is 1. The minimum absolute atomic E-state index is 0.0476. The molecule has 0 bridgehead atoms. The van der Waals surface area contributed by atoms with E-state index in [9.17, 15) is 42.3 Å². The molecule has 2 aromatic rings. The van der Waals surface area contributed by atoms with Gasteiger partial charge in [0, 0.05) is 12.0 Å². The van der Waals surface area contributed by atoms with Gasteiger partial charge in [0.2, 0.25) is 5.91 Å². The highest BCUT2D eigenvalue weighted by atomic mass is 19.4. The van der Waals surface area contributed by atoms with Crippen molar-refractivity contribution in [3.8, 4) is 5.75 Å². The summed E-state index contributed by atoms with van der Waals surface area (Å²) >= 11 is 0. The van der Waals surface area contributed by atoms with Crippen LogP contribution in [0.3, 0.4) is 0 Å². The fourth-order valence-corrected chi connectivity index (χ4v) is 3.90. The average Bonchev–Trinajstić information content (AvgIpc) is 2.84.